The molecule has 0 aliphatic carbocycles. The number of rotatable bonds is 4. The van der Waals surface area contributed by atoms with Gasteiger partial charge in [0, 0.05) is 25.5 Å². The molecule has 0 radical (unpaired) electrons. The maximum atomic E-state index is 12.9. The average Bonchev–Trinajstić information content (AvgIpc) is 2.93. The van der Waals surface area contributed by atoms with Crippen molar-refractivity contribution in [1.29, 1.82) is 0 Å². The smallest absolute Gasteiger partial charge is 0.416 e. The molecule has 0 aromatic heterocycles. The summed E-state index contributed by atoms with van der Waals surface area (Å²) in [4.78, 5) is 12.1. The van der Waals surface area contributed by atoms with E-state index < -0.39 is 23.9 Å². The van der Waals surface area contributed by atoms with Crippen LogP contribution in [0.4, 0.5) is 18.0 Å². The summed E-state index contributed by atoms with van der Waals surface area (Å²) in [6.07, 6.45) is -5.47. The molecule has 9 heteroatoms. The zero-order chi connectivity index (χ0) is 17.9. The number of hydrogen-bond donors (Lipinski definition) is 1. The van der Waals surface area contributed by atoms with Crippen molar-refractivity contribution in [3.63, 3.8) is 0 Å². The van der Waals surface area contributed by atoms with Crippen molar-refractivity contribution in [2.75, 3.05) is 13.1 Å². The number of ether oxygens (including phenoxy) is 2. The fourth-order valence-corrected chi connectivity index (χ4v) is 2.40. The molecular weight excluding hydrogens is 347 g/mol. The van der Waals surface area contributed by atoms with Crippen LogP contribution in [0.15, 0.2) is 18.2 Å². The number of halogens is 3. The van der Waals surface area contributed by atoms with Gasteiger partial charge in [-0.2, -0.15) is 13.2 Å². The van der Waals surface area contributed by atoms with Gasteiger partial charge in [0.05, 0.1) is 12.1 Å². The molecule has 1 saturated heterocycles. The van der Waals surface area contributed by atoms with Crippen molar-refractivity contribution in [1.82, 2.24) is 4.90 Å². The lowest BCUT2D eigenvalue weighted by Gasteiger charge is -2.18. The van der Waals surface area contributed by atoms with E-state index in [0.717, 1.165) is 12.1 Å². The normalized spacial score (nSPS) is 17.7. The first kappa shape index (κ1) is 18.3. The van der Waals surface area contributed by atoms with Gasteiger partial charge in [-0.3, -0.25) is 0 Å². The number of amides is 1. The topological polar surface area (TPSA) is 59.0 Å². The number of carbonyl (C=O) groups is 1. The summed E-state index contributed by atoms with van der Waals surface area (Å²) >= 11 is 4.77. The maximum absolute atomic E-state index is 12.9. The number of alkyl halides is 3. The Kier molecular flexibility index (Phi) is 5.53. The van der Waals surface area contributed by atoms with E-state index >= 15 is 0 Å². The molecule has 1 unspecified atom stereocenters. The van der Waals surface area contributed by atoms with Crippen molar-refractivity contribution in [2.24, 2.45) is 0 Å². The molecule has 1 heterocycles. The first-order valence-corrected chi connectivity index (χ1v) is 7.55. The van der Waals surface area contributed by atoms with Crippen LogP contribution in [0.25, 0.3) is 0 Å². The summed E-state index contributed by atoms with van der Waals surface area (Å²) < 4.78 is 49.4. The maximum Gasteiger partial charge on any atom is 0.416 e. The largest absolute Gasteiger partial charge is 0.488 e. The van der Waals surface area contributed by atoms with Gasteiger partial charge in [-0.1, -0.05) is 0 Å². The van der Waals surface area contributed by atoms with Gasteiger partial charge in [-0.15, -0.1) is 0 Å². The van der Waals surface area contributed by atoms with E-state index in [1.807, 2.05) is 0 Å². The molecule has 1 aliphatic rings. The predicted molar refractivity (Wildman–Crippen MR) is 83.1 cm³/mol. The highest BCUT2D eigenvalue weighted by molar-refractivity contribution is 7.80. The van der Waals surface area contributed by atoms with E-state index in [-0.39, 0.29) is 29.5 Å². The molecule has 24 heavy (non-hydrogen) atoms. The highest BCUT2D eigenvalue weighted by Gasteiger charge is 2.32. The van der Waals surface area contributed by atoms with Crippen molar-refractivity contribution in [2.45, 2.75) is 32.2 Å². The van der Waals surface area contributed by atoms with Crippen LogP contribution in [0, 0.1) is 0 Å². The minimum atomic E-state index is -4.48. The van der Waals surface area contributed by atoms with Crippen LogP contribution in [-0.2, 0) is 17.5 Å². The van der Waals surface area contributed by atoms with Crippen molar-refractivity contribution < 1.29 is 32.5 Å². The zero-order valence-corrected chi connectivity index (χ0v) is 13.6. The minimum Gasteiger partial charge on any atom is -0.488 e. The number of hydrogen-bond acceptors (Lipinski definition) is 4. The molecule has 2 rings (SSSR count). The molecule has 0 saturated carbocycles. The average molecular weight is 363 g/mol. The van der Waals surface area contributed by atoms with Gasteiger partial charge in [0.1, 0.15) is 18.5 Å². The summed E-state index contributed by atoms with van der Waals surface area (Å²) in [5, 5.41) is 9.14. The third-order valence-electron chi connectivity index (χ3n) is 3.53. The lowest BCUT2D eigenvalue weighted by atomic mass is 10.1. The number of benzene rings is 1. The van der Waals surface area contributed by atoms with Crippen LogP contribution in [-0.4, -0.2) is 40.3 Å². The quantitative estimate of drug-likeness (QED) is 0.827. The molecule has 1 aliphatic heterocycles. The summed E-state index contributed by atoms with van der Waals surface area (Å²) in [5.74, 6) is 0.233. The molecule has 1 aromatic carbocycles. The Labute approximate surface area is 142 Å². The summed E-state index contributed by atoms with van der Waals surface area (Å²) in [5.41, 5.74) is -0.600. The number of likely N-dealkylation sites (tertiary alicyclic amines) is 1. The van der Waals surface area contributed by atoms with E-state index in [9.17, 15) is 18.0 Å². The van der Waals surface area contributed by atoms with Crippen LogP contribution in [0.3, 0.4) is 0 Å². The first-order chi connectivity index (χ1) is 11.2. The molecule has 0 spiro atoms. The van der Waals surface area contributed by atoms with Gasteiger partial charge >= 0.3 is 12.3 Å². The van der Waals surface area contributed by atoms with Gasteiger partial charge in [-0.05, 0) is 30.4 Å². The fourth-order valence-electron chi connectivity index (χ4n) is 2.34. The van der Waals surface area contributed by atoms with E-state index in [4.69, 9.17) is 26.8 Å². The van der Waals surface area contributed by atoms with E-state index in [2.05, 4.69) is 0 Å². The monoisotopic (exact) mass is 363 g/mol. The van der Waals surface area contributed by atoms with Gasteiger partial charge in [0.2, 0.25) is 0 Å². The number of nitrogens with zero attached hydrogens (tertiary/aromatic N) is 1. The molecule has 1 aromatic rings. The third-order valence-corrected chi connectivity index (χ3v) is 3.65. The summed E-state index contributed by atoms with van der Waals surface area (Å²) in [6, 6.07) is 3.11. The summed E-state index contributed by atoms with van der Waals surface area (Å²) in [7, 11) is 0. The second-order valence-corrected chi connectivity index (χ2v) is 5.93. The highest BCUT2D eigenvalue weighted by atomic mass is 32.1. The Morgan fingerprint density at radius 3 is 2.71 bits per heavy atom. The Morgan fingerprint density at radius 2 is 2.17 bits per heavy atom. The Balaban J connectivity index is 2.18. The Hall–Kier alpha value is -2.03. The van der Waals surface area contributed by atoms with E-state index in [1.165, 1.54) is 17.9 Å². The van der Waals surface area contributed by atoms with Gasteiger partial charge in [-0.25, -0.2) is 4.79 Å². The molecule has 1 N–H and O–H groups in total. The Bertz CT molecular complexity index is 636. The van der Waals surface area contributed by atoms with Crippen LogP contribution >= 0.6 is 12.2 Å². The third kappa shape index (κ3) is 4.73. The van der Waals surface area contributed by atoms with Crippen molar-refractivity contribution in [3.05, 3.63) is 29.3 Å². The lowest BCUT2D eigenvalue weighted by Crippen LogP contribution is -2.29. The number of carboxylic acid groups (broad SMARTS) is 1. The second kappa shape index (κ2) is 7.25. The molecular formula is C15H16F3NO4S. The molecule has 1 atom stereocenters. The van der Waals surface area contributed by atoms with E-state index in [0.29, 0.717) is 13.0 Å². The van der Waals surface area contributed by atoms with Gasteiger partial charge in [0.15, 0.2) is 5.05 Å². The molecule has 132 valence electrons. The SMILES string of the molecule is CC(=S)OCc1cc(C(F)(F)F)ccc1OC1CCN(C(=O)O)C1. The molecule has 5 nitrogen and oxygen atoms in total. The minimum absolute atomic E-state index is 0.149. The van der Waals surface area contributed by atoms with Gasteiger partial charge in [0.25, 0.3) is 0 Å². The zero-order valence-electron chi connectivity index (χ0n) is 12.8. The van der Waals surface area contributed by atoms with Crippen LogP contribution in [0.5, 0.6) is 5.75 Å². The van der Waals surface area contributed by atoms with Crippen molar-refractivity contribution in [3.8, 4) is 5.75 Å². The molecule has 1 fully saturated rings. The number of thiocarbonyl (C=S) groups is 1. The van der Waals surface area contributed by atoms with E-state index in [1.54, 1.807) is 0 Å². The van der Waals surface area contributed by atoms with Gasteiger partial charge < -0.3 is 19.5 Å². The first-order valence-electron chi connectivity index (χ1n) is 7.15. The fraction of sp³-hybridized carbons (Fsp3) is 0.467. The lowest BCUT2D eigenvalue weighted by molar-refractivity contribution is -0.137. The standard InChI is InChI=1S/C15H16F3NO4S/c1-9(24)22-8-10-6-11(15(16,17)18)2-3-13(10)23-12-4-5-19(7-12)14(20)21/h2-3,6,12H,4-5,7-8H2,1H3,(H,20,21). The second-order valence-electron chi connectivity index (χ2n) is 5.36. The van der Waals surface area contributed by atoms with Crippen LogP contribution < -0.4 is 4.74 Å². The van der Waals surface area contributed by atoms with Crippen LogP contribution in [0.1, 0.15) is 24.5 Å². The summed E-state index contributed by atoms with van der Waals surface area (Å²) in [6.45, 7) is 1.86. The highest BCUT2D eigenvalue weighted by Crippen LogP contribution is 2.33. The van der Waals surface area contributed by atoms with Crippen molar-refractivity contribution >= 4 is 23.4 Å². The molecule has 0 bridgehead atoms. The Morgan fingerprint density at radius 1 is 1.46 bits per heavy atom. The van der Waals surface area contributed by atoms with Crippen LogP contribution in [0.2, 0.25) is 0 Å². The predicted octanol–water partition coefficient (Wildman–Crippen LogP) is 3.70. The molecule has 1 amide bonds.